The summed E-state index contributed by atoms with van der Waals surface area (Å²) in [6, 6.07) is 0. The molecule has 1 rings (SSSR count). The third-order valence-corrected chi connectivity index (χ3v) is 2.27. The molecule has 2 atom stereocenters. The Morgan fingerprint density at radius 3 is 2.62 bits per heavy atom. The summed E-state index contributed by atoms with van der Waals surface area (Å²) in [7, 11) is 0. The zero-order valence-electron chi connectivity index (χ0n) is 4.30. The van der Waals surface area contributed by atoms with Crippen molar-refractivity contribution in [3.05, 3.63) is 0 Å². The van der Waals surface area contributed by atoms with Crippen molar-refractivity contribution in [1.29, 1.82) is 0 Å². The average molecular weight is 179 g/mol. The van der Waals surface area contributed by atoms with E-state index in [1.807, 2.05) is 0 Å². The van der Waals surface area contributed by atoms with Crippen LogP contribution in [0.4, 0.5) is 0 Å². The summed E-state index contributed by atoms with van der Waals surface area (Å²) in [5.41, 5.74) is 0. The Morgan fingerprint density at radius 2 is 2.50 bits per heavy atom. The molecule has 1 unspecified atom stereocenters. The van der Waals surface area contributed by atoms with Gasteiger partial charge in [0.2, 0.25) is 0 Å². The van der Waals surface area contributed by atoms with Gasteiger partial charge in [0.05, 0.1) is 5.92 Å². The minimum atomic E-state index is -0.644. The van der Waals surface area contributed by atoms with Crippen LogP contribution in [0.5, 0.6) is 0 Å². The molecule has 0 radical (unpaired) electrons. The van der Waals surface area contributed by atoms with Crippen LogP contribution in [0, 0.1) is 11.8 Å². The number of halogens is 1. The quantitative estimate of drug-likeness (QED) is 0.644. The van der Waals surface area contributed by atoms with Crippen LogP contribution in [0.25, 0.3) is 0 Å². The lowest BCUT2D eigenvalue weighted by molar-refractivity contribution is -0.138. The first-order chi connectivity index (χ1) is 3.75. The highest BCUT2D eigenvalue weighted by molar-refractivity contribution is 9.09. The predicted molar refractivity (Wildman–Crippen MR) is 33.0 cm³/mol. The van der Waals surface area contributed by atoms with Crippen LogP contribution in [0.3, 0.4) is 0 Å². The van der Waals surface area contributed by atoms with Crippen molar-refractivity contribution < 1.29 is 9.90 Å². The Bertz CT molecular complexity index is 113. The van der Waals surface area contributed by atoms with Crippen LogP contribution in [-0.4, -0.2) is 16.4 Å². The van der Waals surface area contributed by atoms with Gasteiger partial charge in [0.15, 0.2) is 0 Å². The van der Waals surface area contributed by atoms with E-state index in [1.165, 1.54) is 0 Å². The fraction of sp³-hybridized carbons (Fsp3) is 0.800. The standard InChI is InChI=1S/C5H7BrO2/c6-2-3-1-4(3)5(7)8/h3-4H,1-2H2,(H,7,8)/t3?,4-/m0/s1. The summed E-state index contributed by atoms with van der Waals surface area (Å²) in [6.45, 7) is 0. The molecule has 1 saturated carbocycles. The Labute approximate surface area is 56.0 Å². The van der Waals surface area contributed by atoms with Gasteiger partial charge in [-0.3, -0.25) is 4.79 Å². The molecule has 1 aliphatic rings. The van der Waals surface area contributed by atoms with Gasteiger partial charge in [0.1, 0.15) is 0 Å². The molecule has 1 fully saturated rings. The lowest BCUT2D eigenvalue weighted by Crippen LogP contribution is -1.99. The molecule has 1 N–H and O–H groups in total. The highest BCUT2D eigenvalue weighted by Crippen LogP contribution is 2.39. The van der Waals surface area contributed by atoms with E-state index in [0.717, 1.165) is 11.8 Å². The Balaban J connectivity index is 2.26. The number of alkyl halides is 1. The molecular formula is C5H7BrO2. The molecule has 46 valence electrons. The van der Waals surface area contributed by atoms with Crippen molar-refractivity contribution in [3.8, 4) is 0 Å². The number of aliphatic carboxylic acids is 1. The Kier molecular flexibility index (Phi) is 1.56. The molecule has 0 spiro atoms. The van der Waals surface area contributed by atoms with Crippen molar-refractivity contribution in [2.75, 3.05) is 5.33 Å². The van der Waals surface area contributed by atoms with E-state index in [-0.39, 0.29) is 5.92 Å². The zero-order chi connectivity index (χ0) is 6.15. The molecule has 0 aromatic heterocycles. The minimum absolute atomic E-state index is 0.0469. The van der Waals surface area contributed by atoms with E-state index in [1.54, 1.807) is 0 Å². The van der Waals surface area contributed by atoms with E-state index in [2.05, 4.69) is 15.9 Å². The fourth-order valence-corrected chi connectivity index (χ4v) is 1.44. The maximum absolute atomic E-state index is 10.1. The van der Waals surface area contributed by atoms with Gasteiger partial charge in [-0.15, -0.1) is 0 Å². The molecule has 0 aliphatic heterocycles. The molecule has 0 aromatic rings. The molecule has 0 saturated heterocycles. The second-order valence-corrected chi connectivity index (χ2v) is 2.74. The SMILES string of the molecule is O=C(O)[C@H]1CC1CBr. The summed E-state index contributed by atoms with van der Waals surface area (Å²) in [4.78, 5) is 10.1. The summed E-state index contributed by atoms with van der Waals surface area (Å²) in [6.07, 6.45) is 0.862. The van der Waals surface area contributed by atoms with Gasteiger partial charge in [-0.1, -0.05) is 15.9 Å². The largest absolute Gasteiger partial charge is 0.481 e. The molecule has 8 heavy (non-hydrogen) atoms. The molecule has 2 nitrogen and oxygen atoms in total. The molecule has 0 heterocycles. The molecule has 0 bridgehead atoms. The van der Waals surface area contributed by atoms with Crippen molar-refractivity contribution in [2.45, 2.75) is 6.42 Å². The highest BCUT2D eigenvalue weighted by atomic mass is 79.9. The van der Waals surface area contributed by atoms with Crippen molar-refractivity contribution in [1.82, 2.24) is 0 Å². The van der Waals surface area contributed by atoms with E-state index < -0.39 is 5.97 Å². The summed E-state index contributed by atoms with van der Waals surface area (Å²) in [5.74, 6) is -0.281. The van der Waals surface area contributed by atoms with Gasteiger partial charge in [0, 0.05) is 5.33 Å². The smallest absolute Gasteiger partial charge is 0.306 e. The number of rotatable bonds is 2. The van der Waals surface area contributed by atoms with Crippen LogP contribution < -0.4 is 0 Å². The Hall–Kier alpha value is -0.0500. The third-order valence-electron chi connectivity index (χ3n) is 1.44. The van der Waals surface area contributed by atoms with Crippen LogP contribution in [0.15, 0.2) is 0 Å². The van der Waals surface area contributed by atoms with Gasteiger partial charge >= 0.3 is 5.97 Å². The van der Waals surface area contributed by atoms with E-state index in [0.29, 0.717) is 5.92 Å². The van der Waals surface area contributed by atoms with Gasteiger partial charge < -0.3 is 5.11 Å². The molecule has 1 aliphatic carbocycles. The maximum atomic E-state index is 10.1. The lowest BCUT2D eigenvalue weighted by atomic mass is 10.3. The van der Waals surface area contributed by atoms with Crippen molar-refractivity contribution in [2.24, 2.45) is 11.8 Å². The number of carboxylic acid groups (broad SMARTS) is 1. The summed E-state index contributed by atoms with van der Waals surface area (Å²) >= 11 is 3.22. The second kappa shape index (κ2) is 2.05. The first-order valence-electron chi connectivity index (χ1n) is 2.54. The first kappa shape index (κ1) is 6.08. The number of hydrogen-bond donors (Lipinski definition) is 1. The summed E-state index contributed by atoms with van der Waals surface area (Å²) in [5, 5.41) is 9.17. The van der Waals surface area contributed by atoms with Gasteiger partial charge in [-0.2, -0.15) is 0 Å². The van der Waals surface area contributed by atoms with Crippen molar-refractivity contribution in [3.63, 3.8) is 0 Å². The van der Waals surface area contributed by atoms with Gasteiger partial charge in [0.25, 0.3) is 0 Å². The van der Waals surface area contributed by atoms with Gasteiger partial charge in [-0.25, -0.2) is 0 Å². The molecule has 3 heteroatoms. The van der Waals surface area contributed by atoms with Crippen LogP contribution in [-0.2, 0) is 4.79 Å². The monoisotopic (exact) mass is 178 g/mol. The highest BCUT2D eigenvalue weighted by Gasteiger charge is 2.41. The van der Waals surface area contributed by atoms with E-state index >= 15 is 0 Å². The Morgan fingerprint density at radius 1 is 1.88 bits per heavy atom. The number of carbonyl (C=O) groups is 1. The molecular weight excluding hydrogens is 172 g/mol. The third kappa shape index (κ3) is 1.02. The van der Waals surface area contributed by atoms with Crippen LogP contribution in [0.1, 0.15) is 6.42 Å². The second-order valence-electron chi connectivity index (χ2n) is 2.09. The maximum Gasteiger partial charge on any atom is 0.306 e. The zero-order valence-corrected chi connectivity index (χ0v) is 5.89. The number of carboxylic acids is 1. The fourth-order valence-electron chi connectivity index (χ4n) is 0.721. The van der Waals surface area contributed by atoms with E-state index in [9.17, 15) is 4.79 Å². The van der Waals surface area contributed by atoms with E-state index in [4.69, 9.17) is 5.11 Å². The summed E-state index contributed by atoms with van der Waals surface area (Å²) < 4.78 is 0. The van der Waals surface area contributed by atoms with Gasteiger partial charge in [-0.05, 0) is 12.3 Å². The molecule has 0 aromatic carbocycles. The minimum Gasteiger partial charge on any atom is -0.481 e. The molecule has 0 amide bonds. The van der Waals surface area contributed by atoms with Crippen molar-refractivity contribution >= 4 is 21.9 Å². The lowest BCUT2D eigenvalue weighted by Gasteiger charge is -1.83. The predicted octanol–water partition coefficient (Wildman–Crippen LogP) is 1.10. The normalized spacial score (nSPS) is 34.6. The van der Waals surface area contributed by atoms with Crippen LogP contribution >= 0.6 is 15.9 Å². The van der Waals surface area contributed by atoms with Crippen LogP contribution in [0.2, 0.25) is 0 Å². The first-order valence-corrected chi connectivity index (χ1v) is 3.66. The average Bonchev–Trinajstić information content (AvgIpc) is 2.42. The number of hydrogen-bond acceptors (Lipinski definition) is 1. The topological polar surface area (TPSA) is 37.3 Å².